The van der Waals surface area contributed by atoms with Crippen LogP contribution in [0.5, 0.6) is 0 Å². The first-order valence-electron chi connectivity index (χ1n) is 2.57. The summed E-state index contributed by atoms with van der Waals surface area (Å²) in [6.07, 6.45) is 4.32. The Morgan fingerprint density at radius 1 is 1.78 bits per heavy atom. The fraction of sp³-hybridized carbons (Fsp3) is 0.200. The molecule has 0 aliphatic heterocycles. The van der Waals surface area contributed by atoms with Gasteiger partial charge in [-0.15, -0.1) is 0 Å². The van der Waals surface area contributed by atoms with Gasteiger partial charge in [0, 0.05) is 0 Å². The molecule has 0 spiro atoms. The Kier molecular flexibility index (Phi) is 1.60. The fourth-order valence-electron chi connectivity index (χ4n) is 0.479. The van der Waals surface area contributed by atoms with Crippen LogP contribution in [-0.4, -0.2) is 14.8 Å². The van der Waals surface area contributed by atoms with Gasteiger partial charge in [-0.25, -0.2) is 9.67 Å². The molecule has 4 nitrogen and oxygen atoms in total. The van der Waals surface area contributed by atoms with Crippen LogP contribution < -0.4 is 5.73 Å². The van der Waals surface area contributed by atoms with Gasteiger partial charge in [0.05, 0.1) is 0 Å². The molecule has 1 aromatic rings. The highest BCUT2D eigenvalue weighted by Crippen LogP contribution is 1.92. The van der Waals surface area contributed by atoms with Gasteiger partial charge in [0.1, 0.15) is 18.8 Å². The van der Waals surface area contributed by atoms with Crippen LogP contribution >= 0.6 is 0 Å². The van der Waals surface area contributed by atoms with Crippen LogP contribution in [0.2, 0.25) is 0 Å². The Balaban J connectivity index is 2.76. The van der Waals surface area contributed by atoms with Crippen LogP contribution in [0, 0.1) is 0 Å². The lowest BCUT2D eigenvalue weighted by Gasteiger charge is -2.02. The second-order valence-corrected chi connectivity index (χ2v) is 1.60. The summed E-state index contributed by atoms with van der Waals surface area (Å²) < 4.78 is 1.52. The summed E-state index contributed by atoms with van der Waals surface area (Å²) in [5, 5.41) is 3.80. The molecule has 0 saturated carbocycles. The molecular weight excluding hydrogens is 116 g/mol. The minimum atomic E-state index is -0.257. The maximum atomic E-state index is 5.48. The first kappa shape index (κ1) is 5.97. The molecule has 48 valence electrons. The summed E-state index contributed by atoms with van der Waals surface area (Å²) in [5.41, 5.74) is 5.48. The van der Waals surface area contributed by atoms with Crippen LogP contribution in [0.15, 0.2) is 25.3 Å². The van der Waals surface area contributed by atoms with E-state index in [1.165, 1.54) is 11.0 Å². The molecule has 0 fully saturated rings. The first-order valence-corrected chi connectivity index (χ1v) is 2.57. The highest BCUT2D eigenvalue weighted by molar-refractivity contribution is 4.78. The Morgan fingerprint density at radius 3 is 3.00 bits per heavy atom. The van der Waals surface area contributed by atoms with Crippen molar-refractivity contribution in [3.63, 3.8) is 0 Å². The molecule has 0 saturated heterocycles. The molecule has 0 bridgehead atoms. The first-order chi connectivity index (χ1) is 4.34. The van der Waals surface area contributed by atoms with Crippen LogP contribution in [0.25, 0.3) is 0 Å². The number of hydrogen-bond acceptors (Lipinski definition) is 3. The predicted molar refractivity (Wildman–Crippen MR) is 33.4 cm³/mol. The third-order valence-corrected chi connectivity index (χ3v) is 0.984. The van der Waals surface area contributed by atoms with E-state index in [4.69, 9.17) is 5.73 Å². The molecule has 9 heavy (non-hydrogen) atoms. The molecule has 1 unspecified atom stereocenters. The lowest BCUT2D eigenvalue weighted by Crippen LogP contribution is -2.15. The van der Waals surface area contributed by atoms with Crippen molar-refractivity contribution in [2.75, 3.05) is 0 Å². The van der Waals surface area contributed by atoms with Crippen molar-refractivity contribution in [3.8, 4) is 0 Å². The Morgan fingerprint density at radius 2 is 2.56 bits per heavy atom. The van der Waals surface area contributed by atoms with E-state index in [2.05, 4.69) is 16.7 Å². The number of hydrogen-bond donors (Lipinski definition) is 1. The molecule has 1 atom stereocenters. The van der Waals surface area contributed by atoms with E-state index in [1.54, 1.807) is 12.4 Å². The summed E-state index contributed by atoms with van der Waals surface area (Å²) in [5.74, 6) is 0. The van der Waals surface area contributed by atoms with Crippen molar-refractivity contribution >= 4 is 0 Å². The van der Waals surface area contributed by atoms with Gasteiger partial charge in [-0.2, -0.15) is 5.10 Å². The van der Waals surface area contributed by atoms with Gasteiger partial charge < -0.3 is 5.73 Å². The third-order valence-electron chi connectivity index (χ3n) is 0.984. The third kappa shape index (κ3) is 1.14. The Bertz CT molecular complexity index is 179. The lowest BCUT2D eigenvalue weighted by atomic mass is 10.5. The topological polar surface area (TPSA) is 56.7 Å². The van der Waals surface area contributed by atoms with Crippen molar-refractivity contribution < 1.29 is 0 Å². The molecule has 0 aromatic carbocycles. The maximum absolute atomic E-state index is 5.48. The summed E-state index contributed by atoms with van der Waals surface area (Å²) in [7, 11) is 0. The Labute approximate surface area is 53.0 Å². The van der Waals surface area contributed by atoms with Crippen molar-refractivity contribution in [1.29, 1.82) is 0 Å². The monoisotopic (exact) mass is 124 g/mol. The maximum Gasteiger partial charge on any atom is 0.137 e. The minimum absolute atomic E-state index is 0.257. The summed E-state index contributed by atoms with van der Waals surface area (Å²) in [6.45, 7) is 3.50. The van der Waals surface area contributed by atoms with Gasteiger partial charge in [0.2, 0.25) is 0 Å². The van der Waals surface area contributed by atoms with Crippen molar-refractivity contribution in [3.05, 3.63) is 25.3 Å². The average Bonchev–Trinajstić information content (AvgIpc) is 2.37. The summed E-state index contributed by atoms with van der Waals surface area (Å²) >= 11 is 0. The average molecular weight is 124 g/mol. The second-order valence-electron chi connectivity index (χ2n) is 1.60. The molecule has 1 aromatic heterocycles. The second kappa shape index (κ2) is 2.41. The van der Waals surface area contributed by atoms with Gasteiger partial charge in [-0.3, -0.25) is 0 Å². The molecule has 0 aliphatic rings. The van der Waals surface area contributed by atoms with Gasteiger partial charge in [-0.1, -0.05) is 12.7 Å². The van der Waals surface area contributed by atoms with Crippen LogP contribution in [0.1, 0.15) is 6.17 Å². The quantitative estimate of drug-likeness (QED) is 0.561. The fourth-order valence-corrected chi connectivity index (χ4v) is 0.479. The molecule has 0 amide bonds. The largest absolute Gasteiger partial charge is 0.306 e. The number of nitrogens with two attached hydrogens (primary N) is 1. The van der Waals surface area contributed by atoms with E-state index in [0.717, 1.165) is 0 Å². The summed E-state index contributed by atoms with van der Waals surface area (Å²) in [4.78, 5) is 3.72. The van der Waals surface area contributed by atoms with Gasteiger partial charge >= 0.3 is 0 Å². The molecular formula is C5H8N4. The SMILES string of the molecule is C=CC(N)n1cncn1. The smallest absolute Gasteiger partial charge is 0.137 e. The van der Waals surface area contributed by atoms with E-state index >= 15 is 0 Å². The van der Waals surface area contributed by atoms with Crippen LogP contribution in [-0.2, 0) is 0 Å². The Hall–Kier alpha value is -1.16. The standard InChI is InChI=1S/C5H8N4/c1-2-5(6)9-4-7-3-8-9/h2-5H,1,6H2. The predicted octanol–water partition coefficient (Wildman–Crippen LogP) is -0.0786. The molecule has 0 radical (unpaired) electrons. The zero-order chi connectivity index (χ0) is 6.69. The van der Waals surface area contributed by atoms with E-state index < -0.39 is 0 Å². The van der Waals surface area contributed by atoms with E-state index in [-0.39, 0.29) is 6.17 Å². The van der Waals surface area contributed by atoms with Gasteiger partial charge in [-0.05, 0) is 0 Å². The zero-order valence-corrected chi connectivity index (χ0v) is 4.94. The number of aromatic nitrogens is 3. The van der Waals surface area contributed by atoms with Crippen molar-refractivity contribution in [1.82, 2.24) is 14.8 Å². The lowest BCUT2D eigenvalue weighted by molar-refractivity contribution is 0.557. The molecule has 4 heteroatoms. The summed E-state index contributed by atoms with van der Waals surface area (Å²) in [6, 6.07) is 0. The van der Waals surface area contributed by atoms with Gasteiger partial charge in [0.25, 0.3) is 0 Å². The van der Waals surface area contributed by atoms with Crippen molar-refractivity contribution in [2.45, 2.75) is 6.17 Å². The van der Waals surface area contributed by atoms with E-state index in [9.17, 15) is 0 Å². The van der Waals surface area contributed by atoms with Crippen LogP contribution in [0.3, 0.4) is 0 Å². The number of nitrogens with zero attached hydrogens (tertiary/aromatic N) is 3. The van der Waals surface area contributed by atoms with E-state index in [1.807, 2.05) is 0 Å². The highest BCUT2D eigenvalue weighted by atomic mass is 15.4. The molecule has 0 aliphatic carbocycles. The molecule has 1 heterocycles. The van der Waals surface area contributed by atoms with Gasteiger partial charge in [0.15, 0.2) is 0 Å². The normalized spacial score (nSPS) is 13.0. The minimum Gasteiger partial charge on any atom is -0.306 e. The zero-order valence-electron chi connectivity index (χ0n) is 4.94. The van der Waals surface area contributed by atoms with Crippen LogP contribution in [0.4, 0.5) is 0 Å². The molecule has 2 N–H and O–H groups in total. The number of rotatable bonds is 2. The van der Waals surface area contributed by atoms with Crippen molar-refractivity contribution in [2.24, 2.45) is 5.73 Å². The van der Waals surface area contributed by atoms with E-state index in [0.29, 0.717) is 0 Å². The molecule has 1 rings (SSSR count). The highest BCUT2D eigenvalue weighted by Gasteiger charge is 1.95.